The molecule has 0 bridgehead atoms. The molecular formula is C13H15NO5. The number of carbonyl (C=O) groups is 2. The van der Waals surface area contributed by atoms with Crippen LogP contribution in [-0.2, 0) is 21.0 Å². The molecule has 1 amide bonds. The molecule has 1 aromatic rings. The van der Waals surface area contributed by atoms with E-state index in [4.69, 9.17) is 15.1 Å². The summed E-state index contributed by atoms with van der Waals surface area (Å²) in [4.78, 5) is 26.9. The number of nitrogens with zero attached hydrogens (tertiary/aromatic N) is 1. The third kappa shape index (κ3) is 4.44. The number of aryl methyl sites for hydroxylation is 1. The van der Waals surface area contributed by atoms with Crippen molar-refractivity contribution in [3.63, 3.8) is 0 Å². The van der Waals surface area contributed by atoms with E-state index in [2.05, 4.69) is 0 Å². The fourth-order valence-electron chi connectivity index (χ4n) is 1.34. The van der Waals surface area contributed by atoms with E-state index in [9.17, 15) is 9.59 Å². The van der Waals surface area contributed by atoms with Gasteiger partial charge in [-0.05, 0) is 12.5 Å². The van der Waals surface area contributed by atoms with E-state index in [-0.39, 0.29) is 6.54 Å². The van der Waals surface area contributed by atoms with Crippen LogP contribution in [0.3, 0.4) is 0 Å². The Hall–Kier alpha value is -2.34. The molecule has 102 valence electrons. The molecule has 19 heavy (non-hydrogen) atoms. The first-order chi connectivity index (χ1) is 8.93. The summed E-state index contributed by atoms with van der Waals surface area (Å²) < 4.78 is 0. The van der Waals surface area contributed by atoms with Gasteiger partial charge < -0.3 is 10.2 Å². The Labute approximate surface area is 110 Å². The second-order valence-corrected chi connectivity index (χ2v) is 3.88. The maximum atomic E-state index is 11.7. The minimum atomic E-state index is -1.57. The minimum absolute atomic E-state index is 0.152. The number of carboxylic acids is 1. The number of aliphatic hydroxyl groups is 1. The Bertz CT molecular complexity index is 492. The van der Waals surface area contributed by atoms with Gasteiger partial charge >= 0.3 is 5.97 Å². The highest BCUT2D eigenvalue weighted by Crippen LogP contribution is 2.08. The second-order valence-electron chi connectivity index (χ2n) is 3.88. The highest BCUT2D eigenvalue weighted by Gasteiger charge is 2.15. The number of hydroxylamine groups is 2. The molecule has 0 fully saturated rings. The summed E-state index contributed by atoms with van der Waals surface area (Å²) in [5.41, 5.74) is 1.91. The molecule has 0 aliphatic heterocycles. The zero-order valence-electron chi connectivity index (χ0n) is 10.7. The monoisotopic (exact) mass is 265 g/mol. The van der Waals surface area contributed by atoms with Gasteiger partial charge in [-0.2, -0.15) is 0 Å². The number of aliphatic carboxylic acids is 1. The van der Waals surface area contributed by atoms with Crippen molar-refractivity contribution in [1.82, 2.24) is 5.06 Å². The van der Waals surface area contributed by atoms with Crippen molar-refractivity contribution in [3.05, 3.63) is 47.2 Å². The number of rotatable bonds is 5. The summed E-state index contributed by atoms with van der Waals surface area (Å²) in [5, 5.41) is 18.4. The van der Waals surface area contributed by atoms with Gasteiger partial charge in [-0.15, -0.1) is 0 Å². The molecular weight excluding hydrogens is 250 g/mol. The predicted molar refractivity (Wildman–Crippen MR) is 67.1 cm³/mol. The van der Waals surface area contributed by atoms with Crippen molar-refractivity contribution in [3.8, 4) is 0 Å². The van der Waals surface area contributed by atoms with E-state index in [1.807, 2.05) is 31.2 Å². The molecule has 0 unspecified atom stereocenters. The van der Waals surface area contributed by atoms with Gasteiger partial charge in [0.1, 0.15) is 0 Å². The fraction of sp³-hybridized carbons (Fsp3) is 0.231. The number of carboxylic acid groups (broad SMARTS) is 1. The number of hydrogen-bond acceptors (Lipinski definition) is 4. The molecule has 0 saturated heterocycles. The highest BCUT2D eigenvalue weighted by molar-refractivity contribution is 5.95. The van der Waals surface area contributed by atoms with E-state index in [1.54, 1.807) is 0 Å². The first-order valence-corrected chi connectivity index (χ1v) is 5.49. The lowest BCUT2D eigenvalue weighted by atomic mass is 10.1. The summed E-state index contributed by atoms with van der Waals surface area (Å²) in [7, 11) is 1.29. The highest BCUT2D eigenvalue weighted by atomic mass is 16.7. The van der Waals surface area contributed by atoms with Gasteiger partial charge in [-0.3, -0.25) is 9.63 Å². The Morgan fingerprint density at radius 2 is 1.84 bits per heavy atom. The smallest absolute Gasteiger partial charge is 0.371 e. The van der Waals surface area contributed by atoms with E-state index < -0.39 is 17.6 Å². The molecule has 1 aromatic carbocycles. The number of aliphatic hydroxyl groups excluding tert-OH is 1. The molecule has 0 aromatic heterocycles. The number of carbonyl (C=O) groups excluding carboxylic acids is 1. The number of benzene rings is 1. The molecule has 0 aliphatic carbocycles. The van der Waals surface area contributed by atoms with Crippen molar-refractivity contribution >= 4 is 11.9 Å². The molecule has 0 saturated carbocycles. The SMILES string of the molecule is CON(Cc1ccc(C)cc1)C(=O)C=C(O)C(=O)O. The summed E-state index contributed by atoms with van der Waals surface area (Å²) >= 11 is 0. The number of hydrogen-bond donors (Lipinski definition) is 2. The Balaban J connectivity index is 2.78. The molecule has 0 atom stereocenters. The molecule has 2 N–H and O–H groups in total. The maximum absolute atomic E-state index is 11.7. The van der Waals surface area contributed by atoms with Gasteiger partial charge in [0.25, 0.3) is 5.91 Å². The zero-order valence-corrected chi connectivity index (χ0v) is 10.7. The second kappa shape index (κ2) is 6.55. The van der Waals surface area contributed by atoms with Gasteiger partial charge in [0, 0.05) is 0 Å². The largest absolute Gasteiger partial charge is 0.502 e. The summed E-state index contributed by atoms with van der Waals surface area (Å²) in [5.74, 6) is -3.35. The molecule has 6 nitrogen and oxygen atoms in total. The third-order valence-electron chi connectivity index (χ3n) is 2.39. The van der Waals surface area contributed by atoms with Crippen LogP contribution in [0.2, 0.25) is 0 Å². The predicted octanol–water partition coefficient (Wildman–Crippen LogP) is 1.41. The van der Waals surface area contributed by atoms with E-state index in [0.717, 1.165) is 16.2 Å². The molecule has 0 heterocycles. The van der Waals surface area contributed by atoms with Gasteiger partial charge in [0.05, 0.1) is 19.7 Å². The summed E-state index contributed by atoms with van der Waals surface area (Å²) in [6, 6.07) is 7.43. The molecule has 0 radical (unpaired) electrons. The maximum Gasteiger partial charge on any atom is 0.371 e. The lowest BCUT2D eigenvalue weighted by Gasteiger charge is -2.18. The fourth-order valence-corrected chi connectivity index (χ4v) is 1.34. The first kappa shape index (κ1) is 14.7. The van der Waals surface area contributed by atoms with Crippen molar-refractivity contribution in [2.75, 3.05) is 7.11 Å². The Kier molecular flexibility index (Phi) is 5.08. The average molecular weight is 265 g/mol. The topological polar surface area (TPSA) is 87.1 Å². The van der Waals surface area contributed by atoms with Crippen LogP contribution in [0.25, 0.3) is 0 Å². The van der Waals surface area contributed by atoms with E-state index >= 15 is 0 Å². The lowest BCUT2D eigenvalue weighted by Crippen LogP contribution is -2.28. The van der Waals surface area contributed by atoms with Crippen LogP contribution in [0, 0.1) is 6.92 Å². The Morgan fingerprint density at radius 3 is 2.32 bits per heavy atom. The van der Waals surface area contributed by atoms with E-state index in [0.29, 0.717) is 6.08 Å². The van der Waals surface area contributed by atoms with Crippen LogP contribution < -0.4 is 0 Å². The van der Waals surface area contributed by atoms with Gasteiger partial charge in [-0.1, -0.05) is 29.8 Å². The average Bonchev–Trinajstić information content (AvgIpc) is 2.37. The van der Waals surface area contributed by atoms with Crippen LogP contribution in [0.4, 0.5) is 0 Å². The molecule has 6 heteroatoms. The van der Waals surface area contributed by atoms with Crippen LogP contribution in [0.1, 0.15) is 11.1 Å². The van der Waals surface area contributed by atoms with Gasteiger partial charge in [0.2, 0.25) is 5.76 Å². The van der Waals surface area contributed by atoms with Gasteiger partial charge in [-0.25, -0.2) is 9.86 Å². The van der Waals surface area contributed by atoms with Crippen LogP contribution in [0.5, 0.6) is 0 Å². The van der Waals surface area contributed by atoms with E-state index in [1.165, 1.54) is 7.11 Å². The van der Waals surface area contributed by atoms with Crippen molar-refractivity contribution < 1.29 is 24.6 Å². The lowest BCUT2D eigenvalue weighted by molar-refractivity contribution is -0.173. The third-order valence-corrected chi connectivity index (χ3v) is 2.39. The van der Waals surface area contributed by atoms with Crippen LogP contribution in [-0.4, -0.2) is 34.3 Å². The van der Waals surface area contributed by atoms with Crippen molar-refractivity contribution in [2.45, 2.75) is 13.5 Å². The molecule has 0 aliphatic rings. The summed E-state index contributed by atoms with van der Waals surface area (Å²) in [6.07, 6.45) is 0.597. The zero-order chi connectivity index (χ0) is 14.4. The van der Waals surface area contributed by atoms with Crippen molar-refractivity contribution in [2.24, 2.45) is 0 Å². The standard InChI is InChI=1S/C13H15NO5/c1-9-3-5-10(6-4-9)8-14(19-2)12(16)7-11(15)13(17)18/h3-7,15H,8H2,1-2H3,(H,17,18). The quantitative estimate of drug-likeness (QED) is 0.477. The number of amides is 1. The Morgan fingerprint density at radius 1 is 1.26 bits per heavy atom. The molecule has 1 rings (SSSR count). The first-order valence-electron chi connectivity index (χ1n) is 5.49. The van der Waals surface area contributed by atoms with Crippen LogP contribution in [0.15, 0.2) is 36.1 Å². The van der Waals surface area contributed by atoms with Crippen molar-refractivity contribution in [1.29, 1.82) is 0 Å². The molecule has 0 spiro atoms. The summed E-state index contributed by atoms with van der Waals surface area (Å²) in [6.45, 7) is 2.09. The minimum Gasteiger partial charge on any atom is -0.502 e. The van der Waals surface area contributed by atoms with Crippen LogP contribution >= 0.6 is 0 Å². The normalized spacial score (nSPS) is 11.2. The van der Waals surface area contributed by atoms with Gasteiger partial charge in [0.15, 0.2) is 0 Å².